The summed E-state index contributed by atoms with van der Waals surface area (Å²) in [4.78, 5) is 24.0. The van der Waals surface area contributed by atoms with E-state index < -0.39 is 17.9 Å². The fraction of sp³-hybridized carbons (Fsp3) is 0.0556. The molecule has 2 amide bonds. The summed E-state index contributed by atoms with van der Waals surface area (Å²) in [6, 6.07) is 14.9. The van der Waals surface area contributed by atoms with E-state index in [2.05, 4.69) is 10.4 Å². The highest BCUT2D eigenvalue weighted by Crippen LogP contribution is 2.14. The molecule has 0 aliphatic rings. The van der Waals surface area contributed by atoms with Gasteiger partial charge in [0.15, 0.2) is 5.69 Å². The Morgan fingerprint density at radius 1 is 1.04 bits per heavy atom. The molecule has 3 rings (SSSR count). The second-order valence-corrected chi connectivity index (χ2v) is 5.34. The van der Waals surface area contributed by atoms with Gasteiger partial charge in [-0.3, -0.25) is 9.59 Å². The van der Waals surface area contributed by atoms with Gasteiger partial charge in [0.05, 0.1) is 5.69 Å². The van der Waals surface area contributed by atoms with E-state index in [0.717, 1.165) is 0 Å². The number of nitrogens with two attached hydrogens (primary N) is 1. The minimum absolute atomic E-state index is 0.117. The molecule has 1 heterocycles. The van der Waals surface area contributed by atoms with Crippen LogP contribution in [-0.2, 0) is 4.79 Å². The van der Waals surface area contributed by atoms with Crippen LogP contribution in [0.25, 0.3) is 5.69 Å². The van der Waals surface area contributed by atoms with Crippen molar-refractivity contribution in [1.29, 1.82) is 0 Å². The number of carbonyl (C=O) groups excluding carboxylic acids is 2. The maximum Gasteiger partial charge on any atom is 0.272 e. The van der Waals surface area contributed by atoms with Crippen molar-refractivity contribution in [3.63, 3.8) is 0 Å². The smallest absolute Gasteiger partial charge is 0.272 e. The molecular weight excluding hydrogens is 323 g/mol. The first kappa shape index (κ1) is 16.4. The molecule has 6 nitrogen and oxygen atoms in total. The van der Waals surface area contributed by atoms with Gasteiger partial charge in [-0.25, -0.2) is 9.07 Å². The summed E-state index contributed by atoms with van der Waals surface area (Å²) >= 11 is 0. The third-order valence-corrected chi connectivity index (χ3v) is 3.61. The predicted molar refractivity (Wildman–Crippen MR) is 89.4 cm³/mol. The summed E-state index contributed by atoms with van der Waals surface area (Å²) in [5, 5.41) is 6.72. The fourth-order valence-corrected chi connectivity index (χ4v) is 2.35. The van der Waals surface area contributed by atoms with Crippen LogP contribution in [0.3, 0.4) is 0 Å². The van der Waals surface area contributed by atoms with Crippen LogP contribution in [0, 0.1) is 5.82 Å². The van der Waals surface area contributed by atoms with Gasteiger partial charge < -0.3 is 11.1 Å². The molecule has 0 saturated carbocycles. The first-order chi connectivity index (χ1) is 12.0. The lowest BCUT2D eigenvalue weighted by molar-refractivity contribution is -0.120. The zero-order valence-electron chi connectivity index (χ0n) is 13.1. The average molecular weight is 338 g/mol. The third kappa shape index (κ3) is 3.72. The quantitative estimate of drug-likeness (QED) is 0.745. The van der Waals surface area contributed by atoms with E-state index in [9.17, 15) is 14.0 Å². The van der Waals surface area contributed by atoms with Crippen molar-refractivity contribution >= 4 is 11.8 Å². The highest BCUT2D eigenvalue weighted by Gasteiger charge is 2.22. The second-order valence-electron chi connectivity index (χ2n) is 5.34. The molecule has 3 N–H and O–H groups in total. The van der Waals surface area contributed by atoms with Gasteiger partial charge in [-0.05, 0) is 35.9 Å². The Labute approximate surface area is 143 Å². The number of aromatic nitrogens is 2. The van der Waals surface area contributed by atoms with Crippen LogP contribution >= 0.6 is 0 Å². The van der Waals surface area contributed by atoms with E-state index in [4.69, 9.17) is 5.73 Å². The number of nitrogens with one attached hydrogen (secondary N) is 1. The largest absolute Gasteiger partial charge is 0.368 e. The molecule has 3 aromatic rings. The van der Waals surface area contributed by atoms with Gasteiger partial charge in [0.1, 0.15) is 11.9 Å². The lowest BCUT2D eigenvalue weighted by atomic mass is 10.1. The third-order valence-electron chi connectivity index (χ3n) is 3.61. The van der Waals surface area contributed by atoms with Crippen LogP contribution in [0.1, 0.15) is 22.1 Å². The summed E-state index contributed by atoms with van der Waals surface area (Å²) in [7, 11) is 0. The Morgan fingerprint density at radius 2 is 1.72 bits per heavy atom. The Balaban J connectivity index is 1.79. The van der Waals surface area contributed by atoms with Crippen LogP contribution in [-0.4, -0.2) is 21.6 Å². The number of primary amides is 1. The Bertz CT molecular complexity index is 891. The minimum atomic E-state index is -0.954. The van der Waals surface area contributed by atoms with Gasteiger partial charge in [0.25, 0.3) is 5.91 Å². The summed E-state index contributed by atoms with van der Waals surface area (Å²) in [5.74, 6) is -1.56. The topological polar surface area (TPSA) is 90.0 Å². The molecule has 1 aromatic heterocycles. The summed E-state index contributed by atoms with van der Waals surface area (Å²) in [6.45, 7) is 0. The molecule has 0 fully saturated rings. The number of benzene rings is 2. The van der Waals surface area contributed by atoms with Crippen LogP contribution in [0.4, 0.5) is 4.39 Å². The first-order valence-corrected chi connectivity index (χ1v) is 7.51. The Morgan fingerprint density at radius 3 is 2.36 bits per heavy atom. The monoisotopic (exact) mass is 338 g/mol. The van der Waals surface area contributed by atoms with Crippen molar-refractivity contribution in [1.82, 2.24) is 15.1 Å². The lowest BCUT2D eigenvalue weighted by Crippen LogP contribution is -2.37. The maximum absolute atomic E-state index is 13.0. The van der Waals surface area contributed by atoms with Gasteiger partial charge >= 0.3 is 0 Å². The molecule has 0 bridgehead atoms. The highest BCUT2D eigenvalue weighted by atomic mass is 19.1. The fourth-order valence-electron chi connectivity index (χ4n) is 2.35. The molecule has 126 valence electrons. The molecule has 0 saturated heterocycles. The number of carbonyl (C=O) groups is 2. The van der Waals surface area contributed by atoms with E-state index >= 15 is 0 Å². The van der Waals surface area contributed by atoms with E-state index in [-0.39, 0.29) is 11.5 Å². The van der Waals surface area contributed by atoms with Crippen LogP contribution in [0.2, 0.25) is 0 Å². The lowest BCUT2D eigenvalue weighted by Gasteiger charge is -2.14. The zero-order chi connectivity index (χ0) is 17.8. The number of hydrogen-bond donors (Lipinski definition) is 2. The number of amides is 2. The highest BCUT2D eigenvalue weighted by molar-refractivity contribution is 5.96. The van der Waals surface area contributed by atoms with E-state index in [1.165, 1.54) is 22.9 Å². The van der Waals surface area contributed by atoms with Crippen molar-refractivity contribution in [2.75, 3.05) is 0 Å². The average Bonchev–Trinajstić information content (AvgIpc) is 3.11. The van der Waals surface area contributed by atoms with Gasteiger partial charge in [-0.1, -0.05) is 30.3 Å². The Kier molecular flexibility index (Phi) is 4.56. The van der Waals surface area contributed by atoms with Crippen molar-refractivity contribution in [3.8, 4) is 5.69 Å². The van der Waals surface area contributed by atoms with Gasteiger partial charge in [0, 0.05) is 6.20 Å². The number of nitrogens with zero attached hydrogens (tertiary/aromatic N) is 2. The SMILES string of the molecule is NC(=O)[C@H](NC(=O)c1ccn(-c2ccc(F)cc2)n1)c1ccccc1. The molecule has 0 spiro atoms. The molecule has 1 atom stereocenters. The van der Waals surface area contributed by atoms with Crippen LogP contribution < -0.4 is 11.1 Å². The summed E-state index contributed by atoms with van der Waals surface area (Å²) < 4.78 is 14.4. The van der Waals surface area contributed by atoms with Crippen molar-refractivity contribution in [2.45, 2.75) is 6.04 Å². The normalized spacial score (nSPS) is 11.7. The minimum Gasteiger partial charge on any atom is -0.368 e. The molecule has 0 aliphatic carbocycles. The molecule has 0 unspecified atom stereocenters. The molecule has 2 aromatic carbocycles. The van der Waals surface area contributed by atoms with E-state index in [0.29, 0.717) is 11.3 Å². The van der Waals surface area contributed by atoms with E-state index in [1.54, 1.807) is 48.7 Å². The molecule has 25 heavy (non-hydrogen) atoms. The molecule has 0 radical (unpaired) electrons. The van der Waals surface area contributed by atoms with Gasteiger partial charge in [0.2, 0.25) is 5.91 Å². The standard InChI is InChI=1S/C18H15FN4O2/c19-13-6-8-14(9-7-13)23-11-10-15(22-23)18(25)21-16(17(20)24)12-4-2-1-3-5-12/h1-11,16H,(H2,20,24)(H,21,25)/t16-/m1/s1. The summed E-state index contributed by atoms with van der Waals surface area (Å²) in [5.41, 5.74) is 6.70. The second kappa shape index (κ2) is 6.96. The zero-order valence-corrected chi connectivity index (χ0v) is 13.1. The van der Waals surface area contributed by atoms with Crippen LogP contribution in [0.5, 0.6) is 0 Å². The van der Waals surface area contributed by atoms with Crippen molar-refractivity contribution in [3.05, 3.63) is 83.9 Å². The molecular formula is C18H15FN4O2. The number of halogens is 1. The number of rotatable bonds is 5. The number of hydrogen-bond acceptors (Lipinski definition) is 3. The molecule has 0 aliphatic heterocycles. The predicted octanol–water partition coefficient (Wildman–Crippen LogP) is 1.97. The van der Waals surface area contributed by atoms with Crippen molar-refractivity contribution in [2.24, 2.45) is 5.73 Å². The van der Waals surface area contributed by atoms with Crippen molar-refractivity contribution < 1.29 is 14.0 Å². The Hall–Kier alpha value is -3.48. The first-order valence-electron chi connectivity index (χ1n) is 7.51. The van der Waals surface area contributed by atoms with E-state index in [1.807, 2.05) is 0 Å². The maximum atomic E-state index is 13.0. The molecule has 7 heteroatoms. The van der Waals surface area contributed by atoms with Crippen LogP contribution in [0.15, 0.2) is 66.9 Å². The van der Waals surface area contributed by atoms with Gasteiger partial charge in [-0.2, -0.15) is 5.10 Å². The summed E-state index contributed by atoms with van der Waals surface area (Å²) in [6.07, 6.45) is 1.57. The van der Waals surface area contributed by atoms with Gasteiger partial charge in [-0.15, -0.1) is 0 Å².